The monoisotopic (exact) mass is 741 g/mol. The van der Waals surface area contributed by atoms with Gasteiger partial charge >= 0.3 is 0 Å². The van der Waals surface area contributed by atoms with E-state index >= 15 is 0 Å². The van der Waals surface area contributed by atoms with Crippen LogP contribution in [0, 0.1) is 0 Å². The number of benzene rings is 9. The molecule has 58 heavy (non-hydrogen) atoms. The summed E-state index contributed by atoms with van der Waals surface area (Å²) in [7, 11) is 0. The van der Waals surface area contributed by atoms with Crippen LogP contribution in [0.25, 0.3) is 76.9 Å². The highest BCUT2D eigenvalue weighted by molar-refractivity contribution is 6.23. The van der Waals surface area contributed by atoms with Crippen LogP contribution in [-0.2, 0) is 0 Å². The first-order chi connectivity index (χ1) is 28.8. The molecule has 0 spiro atoms. The van der Waals surface area contributed by atoms with Crippen molar-refractivity contribution in [2.24, 2.45) is 0 Å². The summed E-state index contributed by atoms with van der Waals surface area (Å²) in [5.41, 5.74) is 12.5. The molecule has 0 fully saturated rings. The summed E-state index contributed by atoms with van der Waals surface area (Å²) in [5, 5.41) is 6.89. The van der Waals surface area contributed by atoms with Gasteiger partial charge in [-0.2, -0.15) is 0 Å². The van der Waals surface area contributed by atoms with Crippen LogP contribution in [0.2, 0.25) is 0 Å². The molecule has 0 radical (unpaired) electrons. The van der Waals surface area contributed by atoms with E-state index in [1.54, 1.807) is 0 Å². The Morgan fingerprint density at radius 3 is 1.81 bits per heavy atom. The van der Waals surface area contributed by atoms with E-state index in [1.807, 2.05) is 0 Å². The Labute approximate surface area is 338 Å². The summed E-state index contributed by atoms with van der Waals surface area (Å²) < 4.78 is 6.92. The van der Waals surface area contributed by atoms with E-state index in [0.29, 0.717) is 0 Å². The molecule has 1 heterocycles. The van der Waals surface area contributed by atoms with E-state index in [9.17, 15) is 0 Å². The maximum atomic E-state index is 6.92. The van der Waals surface area contributed by atoms with Gasteiger partial charge < -0.3 is 9.32 Å². The second-order valence-electron chi connectivity index (χ2n) is 15.2. The van der Waals surface area contributed by atoms with E-state index in [2.05, 4.69) is 229 Å². The number of nitrogens with zero attached hydrogens (tertiary/aromatic N) is 1. The molecule has 274 valence electrons. The quantitative estimate of drug-likeness (QED) is 0.162. The minimum absolute atomic E-state index is 0.0318. The Morgan fingerprint density at radius 2 is 1.00 bits per heavy atom. The van der Waals surface area contributed by atoms with Crippen LogP contribution in [0.1, 0.15) is 11.5 Å². The van der Waals surface area contributed by atoms with E-state index < -0.39 is 0 Å². The number of fused-ring (bicyclic) bond motifs is 6. The highest BCUT2D eigenvalue weighted by Crippen LogP contribution is 2.48. The van der Waals surface area contributed by atoms with Gasteiger partial charge in [-0.1, -0.05) is 206 Å². The summed E-state index contributed by atoms with van der Waals surface area (Å²) in [6, 6.07) is 72.3. The summed E-state index contributed by atoms with van der Waals surface area (Å²) in [6.45, 7) is 0. The molecule has 1 aliphatic carbocycles. The lowest BCUT2D eigenvalue weighted by molar-refractivity contribution is 0.672. The second kappa shape index (κ2) is 14.3. The second-order valence-corrected chi connectivity index (χ2v) is 15.2. The third-order valence-electron chi connectivity index (χ3n) is 11.9. The van der Waals surface area contributed by atoms with Gasteiger partial charge in [-0.3, -0.25) is 0 Å². The smallest absolute Gasteiger partial charge is 0.143 e. The third kappa shape index (κ3) is 5.73. The lowest BCUT2D eigenvalue weighted by atomic mass is 9.85. The highest BCUT2D eigenvalue weighted by atomic mass is 16.3. The first-order valence-electron chi connectivity index (χ1n) is 20.1. The van der Waals surface area contributed by atoms with Crippen LogP contribution in [0.5, 0.6) is 0 Å². The number of rotatable bonds is 7. The molecule has 11 rings (SSSR count). The van der Waals surface area contributed by atoms with Crippen molar-refractivity contribution in [3.8, 4) is 33.4 Å². The van der Waals surface area contributed by atoms with E-state index in [0.717, 1.165) is 44.0 Å². The number of hydrogen-bond acceptors (Lipinski definition) is 2. The molecule has 1 aliphatic rings. The van der Waals surface area contributed by atoms with Gasteiger partial charge in [-0.15, -0.1) is 0 Å². The minimum atomic E-state index is -0.0318. The zero-order valence-corrected chi connectivity index (χ0v) is 31.9. The third-order valence-corrected chi connectivity index (χ3v) is 11.9. The largest absolute Gasteiger partial charge is 0.455 e. The van der Waals surface area contributed by atoms with Gasteiger partial charge in [0.2, 0.25) is 0 Å². The van der Waals surface area contributed by atoms with E-state index in [4.69, 9.17) is 4.42 Å². The van der Waals surface area contributed by atoms with Crippen molar-refractivity contribution in [1.82, 2.24) is 0 Å². The van der Waals surface area contributed by atoms with Crippen molar-refractivity contribution >= 4 is 54.9 Å². The van der Waals surface area contributed by atoms with Crippen LogP contribution < -0.4 is 4.90 Å². The lowest BCUT2D eigenvalue weighted by Gasteiger charge is -2.39. The van der Waals surface area contributed by atoms with Gasteiger partial charge in [0.05, 0.1) is 11.7 Å². The number of anilines is 2. The topological polar surface area (TPSA) is 16.4 Å². The fourth-order valence-corrected chi connectivity index (χ4v) is 9.19. The Balaban J connectivity index is 1.17. The van der Waals surface area contributed by atoms with Gasteiger partial charge in [0.15, 0.2) is 0 Å². The maximum absolute atomic E-state index is 6.92. The number of hydrogen-bond donors (Lipinski definition) is 0. The summed E-state index contributed by atoms with van der Waals surface area (Å²) >= 11 is 0. The molecule has 0 saturated carbocycles. The molecule has 0 bridgehead atoms. The van der Waals surface area contributed by atoms with Gasteiger partial charge in [-0.25, -0.2) is 0 Å². The molecular weight excluding hydrogens is 703 g/mol. The normalized spacial score (nSPS) is 15.1. The first-order valence-corrected chi connectivity index (χ1v) is 20.1. The molecule has 9 aromatic carbocycles. The molecule has 2 unspecified atom stereocenters. The average Bonchev–Trinajstić information content (AvgIpc) is 3.69. The zero-order valence-electron chi connectivity index (χ0n) is 31.9. The lowest BCUT2D eigenvalue weighted by Crippen LogP contribution is -2.35. The van der Waals surface area contributed by atoms with Crippen molar-refractivity contribution < 1.29 is 4.42 Å². The highest BCUT2D eigenvalue weighted by Gasteiger charge is 2.31. The predicted octanol–water partition coefficient (Wildman–Crippen LogP) is 15.3. The summed E-state index contributed by atoms with van der Waals surface area (Å²) in [4.78, 5) is 2.60. The van der Waals surface area contributed by atoms with Gasteiger partial charge in [0.1, 0.15) is 11.2 Å². The fraction of sp³-hybridized carbons (Fsp3) is 0.0357. The number of furan rings is 1. The van der Waals surface area contributed by atoms with Gasteiger partial charge in [0.25, 0.3) is 0 Å². The molecule has 2 heteroatoms. The Kier molecular flexibility index (Phi) is 8.33. The number of allylic oxidation sites excluding steroid dienone is 2. The molecular formula is C56H39NO. The molecule has 0 aliphatic heterocycles. The average molecular weight is 742 g/mol. The molecule has 0 saturated heterocycles. The molecule has 2 atom stereocenters. The van der Waals surface area contributed by atoms with Crippen LogP contribution >= 0.6 is 0 Å². The van der Waals surface area contributed by atoms with Crippen molar-refractivity contribution in [2.45, 2.75) is 12.0 Å². The molecule has 0 amide bonds. The van der Waals surface area contributed by atoms with Gasteiger partial charge in [-0.05, 0) is 62.5 Å². The summed E-state index contributed by atoms with van der Waals surface area (Å²) in [6.07, 6.45) is 9.16. The predicted molar refractivity (Wildman–Crippen MR) is 245 cm³/mol. The standard InChI is InChI=1S/C56H39NO/c1-3-17-38(18-4-1)39-33-35-42(36-34-39)45-25-13-14-30-51(45)57(52-31-15-22-41-21-7-8-24-44(41)52)53-37-50-55-48(46-26-10-9-23-43(46)40-19-5-2-6-20-40)29-16-32-54(55)58-56(50)49-28-12-11-27-47(49)53/h1-37,45,51H. The Morgan fingerprint density at radius 1 is 0.397 bits per heavy atom. The molecule has 1 aromatic heterocycles. The van der Waals surface area contributed by atoms with Crippen LogP contribution in [0.15, 0.2) is 229 Å². The van der Waals surface area contributed by atoms with Crippen molar-refractivity contribution in [2.75, 3.05) is 4.90 Å². The van der Waals surface area contributed by atoms with Crippen molar-refractivity contribution in [3.05, 3.63) is 230 Å². The molecule has 0 N–H and O–H groups in total. The van der Waals surface area contributed by atoms with Crippen LogP contribution in [0.3, 0.4) is 0 Å². The minimum Gasteiger partial charge on any atom is -0.455 e. The Bertz CT molecular complexity index is 3170. The van der Waals surface area contributed by atoms with Gasteiger partial charge in [0, 0.05) is 38.5 Å². The van der Waals surface area contributed by atoms with Crippen molar-refractivity contribution in [1.29, 1.82) is 0 Å². The summed E-state index contributed by atoms with van der Waals surface area (Å²) in [5.74, 6) is 0.0812. The Hall–Kier alpha value is -7.42. The van der Waals surface area contributed by atoms with E-state index in [-0.39, 0.29) is 12.0 Å². The van der Waals surface area contributed by atoms with Crippen molar-refractivity contribution in [3.63, 3.8) is 0 Å². The first kappa shape index (κ1) is 33.9. The fourth-order valence-electron chi connectivity index (χ4n) is 9.19. The van der Waals surface area contributed by atoms with E-state index in [1.165, 1.54) is 49.8 Å². The molecule has 10 aromatic rings. The van der Waals surface area contributed by atoms with Crippen LogP contribution in [-0.4, -0.2) is 6.04 Å². The SMILES string of the molecule is C1=CC(c2ccc(-c3ccccc3)cc2)C(N(c2cccc3ccccc23)c2cc3c(oc4cccc(-c5ccccc5-c5ccccc5)c43)c3ccccc23)C=C1. The van der Waals surface area contributed by atoms with Crippen LogP contribution in [0.4, 0.5) is 11.4 Å². The maximum Gasteiger partial charge on any atom is 0.143 e. The molecule has 2 nitrogen and oxygen atoms in total. The zero-order chi connectivity index (χ0) is 38.4.